The van der Waals surface area contributed by atoms with Crippen molar-refractivity contribution in [2.24, 2.45) is 16.7 Å². The maximum absolute atomic E-state index is 12.5. The highest BCUT2D eigenvalue weighted by Crippen LogP contribution is 2.60. The van der Waals surface area contributed by atoms with E-state index in [4.69, 9.17) is 5.11 Å². The third-order valence-electron chi connectivity index (χ3n) is 6.34. The standard InChI is InChI=1S/C20H30O3/c1-13-7-8-17-19(3,4)9-6-10-20(17,5)15(13)12-16(21)14(2)11-18(22)23/h17H,2,6-12H2,1,3-5H3,(H,22,23)/t17-,20+/m1/s1. The molecular formula is C20H30O3. The Morgan fingerprint density at radius 3 is 2.52 bits per heavy atom. The summed E-state index contributed by atoms with van der Waals surface area (Å²) in [5, 5.41) is 8.87. The summed E-state index contributed by atoms with van der Waals surface area (Å²) in [4.78, 5) is 23.3. The highest BCUT2D eigenvalue weighted by molar-refractivity contribution is 5.99. The second kappa shape index (κ2) is 6.26. The van der Waals surface area contributed by atoms with Crippen molar-refractivity contribution in [2.75, 3.05) is 0 Å². The minimum Gasteiger partial charge on any atom is -0.481 e. The van der Waals surface area contributed by atoms with Crippen LogP contribution in [0.25, 0.3) is 0 Å². The van der Waals surface area contributed by atoms with E-state index in [1.807, 2.05) is 0 Å². The van der Waals surface area contributed by atoms with Crippen LogP contribution in [-0.2, 0) is 9.59 Å². The lowest BCUT2D eigenvalue weighted by molar-refractivity contribution is -0.137. The van der Waals surface area contributed by atoms with Gasteiger partial charge in [0, 0.05) is 6.42 Å². The first-order valence-corrected chi connectivity index (χ1v) is 8.70. The Morgan fingerprint density at radius 1 is 1.26 bits per heavy atom. The first kappa shape index (κ1) is 18.0. The predicted octanol–water partition coefficient (Wildman–Crippen LogP) is 4.92. The van der Waals surface area contributed by atoms with Gasteiger partial charge in [-0.05, 0) is 54.9 Å². The Labute approximate surface area is 139 Å². The van der Waals surface area contributed by atoms with Crippen LogP contribution in [0, 0.1) is 16.7 Å². The molecule has 2 aliphatic rings. The third kappa shape index (κ3) is 3.44. The molecule has 0 aliphatic heterocycles. The highest BCUT2D eigenvalue weighted by atomic mass is 16.4. The lowest BCUT2D eigenvalue weighted by Gasteiger charge is -2.55. The van der Waals surface area contributed by atoms with Gasteiger partial charge in [0.25, 0.3) is 0 Å². The second-order valence-electron chi connectivity index (χ2n) is 8.38. The maximum atomic E-state index is 12.5. The summed E-state index contributed by atoms with van der Waals surface area (Å²) >= 11 is 0. The van der Waals surface area contributed by atoms with E-state index in [1.54, 1.807) is 0 Å². The fraction of sp³-hybridized carbons (Fsp3) is 0.700. The topological polar surface area (TPSA) is 54.4 Å². The van der Waals surface area contributed by atoms with Crippen molar-refractivity contribution >= 4 is 11.8 Å². The molecule has 1 saturated carbocycles. The number of hydrogen-bond donors (Lipinski definition) is 1. The summed E-state index contributed by atoms with van der Waals surface area (Å²) in [6.07, 6.45) is 5.92. The number of hydrogen-bond acceptors (Lipinski definition) is 2. The molecule has 0 unspecified atom stereocenters. The summed E-state index contributed by atoms with van der Waals surface area (Å²) in [6, 6.07) is 0. The maximum Gasteiger partial charge on any atom is 0.307 e. The molecular weight excluding hydrogens is 288 g/mol. The number of ketones is 1. The third-order valence-corrected chi connectivity index (χ3v) is 6.34. The van der Waals surface area contributed by atoms with E-state index in [0.29, 0.717) is 17.8 Å². The smallest absolute Gasteiger partial charge is 0.307 e. The Balaban J connectivity index is 2.27. The summed E-state index contributed by atoms with van der Waals surface area (Å²) in [6.45, 7) is 12.9. The number of carbonyl (C=O) groups excluding carboxylic acids is 1. The molecule has 0 aromatic carbocycles. The molecule has 3 nitrogen and oxygen atoms in total. The van der Waals surface area contributed by atoms with Gasteiger partial charge in [0.1, 0.15) is 0 Å². The molecule has 0 aromatic heterocycles. The molecule has 2 aliphatic carbocycles. The van der Waals surface area contributed by atoms with E-state index in [0.717, 1.165) is 12.8 Å². The zero-order chi connectivity index (χ0) is 17.4. The van der Waals surface area contributed by atoms with Crippen LogP contribution in [0.15, 0.2) is 23.3 Å². The van der Waals surface area contributed by atoms with E-state index in [9.17, 15) is 9.59 Å². The summed E-state index contributed by atoms with van der Waals surface area (Å²) in [5.74, 6) is -0.490. The Bertz CT molecular complexity index is 567. The van der Waals surface area contributed by atoms with Crippen LogP contribution in [0.2, 0.25) is 0 Å². The number of aliphatic carboxylic acids is 1. The first-order valence-electron chi connectivity index (χ1n) is 8.70. The average Bonchev–Trinajstić information content (AvgIpc) is 2.40. The average molecular weight is 318 g/mol. The minimum atomic E-state index is -0.986. The summed E-state index contributed by atoms with van der Waals surface area (Å²) < 4.78 is 0. The molecule has 0 saturated heterocycles. The summed E-state index contributed by atoms with van der Waals surface area (Å²) in [7, 11) is 0. The number of rotatable bonds is 5. The zero-order valence-corrected chi connectivity index (χ0v) is 15.0. The van der Waals surface area contributed by atoms with Gasteiger partial charge in [0.05, 0.1) is 6.42 Å². The van der Waals surface area contributed by atoms with Crippen LogP contribution in [0.1, 0.15) is 72.6 Å². The lowest BCUT2D eigenvalue weighted by atomic mass is 9.50. The molecule has 0 spiro atoms. The van der Waals surface area contributed by atoms with E-state index < -0.39 is 5.97 Å². The van der Waals surface area contributed by atoms with Crippen LogP contribution >= 0.6 is 0 Å². The molecule has 0 radical (unpaired) electrons. The molecule has 1 N–H and O–H groups in total. The number of allylic oxidation sites excluding steroid dienone is 2. The monoisotopic (exact) mass is 318 g/mol. The SMILES string of the molecule is C=C(CC(=O)O)C(=O)CC1=C(C)CC[C@@H]2C(C)(C)CCC[C@@]12C. The van der Waals surface area contributed by atoms with Crippen LogP contribution in [0.5, 0.6) is 0 Å². The van der Waals surface area contributed by atoms with Crippen molar-refractivity contribution in [1.29, 1.82) is 0 Å². The second-order valence-corrected chi connectivity index (χ2v) is 8.38. The van der Waals surface area contributed by atoms with Gasteiger partial charge in [-0.25, -0.2) is 0 Å². The van der Waals surface area contributed by atoms with E-state index in [1.165, 1.54) is 30.4 Å². The van der Waals surface area contributed by atoms with Gasteiger partial charge in [-0.1, -0.05) is 44.9 Å². The lowest BCUT2D eigenvalue weighted by Crippen LogP contribution is -2.45. The Kier molecular flexibility index (Phi) is 4.89. The quantitative estimate of drug-likeness (QED) is 0.578. The van der Waals surface area contributed by atoms with E-state index >= 15 is 0 Å². The number of carboxylic acids is 1. The van der Waals surface area contributed by atoms with Gasteiger partial charge < -0.3 is 5.11 Å². The molecule has 3 heteroatoms. The Morgan fingerprint density at radius 2 is 1.91 bits per heavy atom. The number of fused-ring (bicyclic) bond motifs is 1. The van der Waals surface area contributed by atoms with Crippen molar-refractivity contribution in [3.8, 4) is 0 Å². The summed E-state index contributed by atoms with van der Waals surface area (Å²) in [5.41, 5.74) is 3.19. The van der Waals surface area contributed by atoms with Crippen molar-refractivity contribution in [3.05, 3.63) is 23.3 Å². The van der Waals surface area contributed by atoms with Gasteiger partial charge in [0.2, 0.25) is 0 Å². The van der Waals surface area contributed by atoms with Crippen LogP contribution in [0.3, 0.4) is 0 Å². The van der Waals surface area contributed by atoms with Crippen molar-refractivity contribution < 1.29 is 14.7 Å². The highest BCUT2D eigenvalue weighted by Gasteiger charge is 2.50. The largest absolute Gasteiger partial charge is 0.481 e. The van der Waals surface area contributed by atoms with Gasteiger partial charge in [0.15, 0.2) is 5.78 Å². The van der Waals surface area contributed by atoms with Gasteiger partial charge in [-0.15, -0.1) is 0 Å². The fourth-order valence-electron chi connectivity index (χ4n) is 5.11. The van der Waals surface area contributed by atoms with E-state index in [-0.39, 0.29) is 23.2 Å². The molecule has 2 atom stereocenters. The van der Waals surface area contributed by atoms with E-state index in [2.05, 4.69) is 34.3 Å². The van der Waals surface area contributed by atoms with Crippen LogP contribution in [-0.4, -0.2) is 16.9 Å². The van der Waals surface area contributed by atoms with Crippen molar-refractivity contribution in [1.82, 2.24) is 0 Å². The van der Waals surface area contributed by atoms with Crippen LogP contribution < -0.4 is 0 Å². The van der Waals surface area contributed by atoms with Gasteiger partial charge in [-0.2, -0.15) is 0 Å². The molecule has 2 rings (SSSR count). The fourth-order valence-corrected chi connectivity index (χ4v) is 5.11. The van der Waals surface area contributed by atoms with Crippen LogP contribution in [0.4, 0.5) is 0 Å². The molecule has 0 amide bonds. The van der Waals surface area contributed by atoms with Gasteiger partial charge in [-0.3, -0.25) is 9.59 Å². The molecule has 0 aromatic rings. The number of carboxylic acid groups (broad SMARTS) is 1. The van der Waals surface area contributed by atoms with Crippen molar-refractivity contribution in [3.63, 3.8) is 0 Å². The normalized spacial score (nSPS) is 29.8. The number of Topliss-reactive ketones (excluding diaryl/α,β-unsaturated/α-hetero) is 1. The molecule has 0 heterocycles. The Hall–Kier alpha value is -1.38. The first-order chi connectivity index (χ1) is 10.6. The predicted molar refractivity (Wildman–Crippen MR) is 92.2 cm³/mol. The van der Waals surface area contributed by atoms with Crippen molar-refractivity contribution in [2.45, 2.75) is 72.6 Å². The molecule has 128 valence electrons. The number of carbonyl (C=O) groups is 2. The minimum absolute atomic E-state index is 0.0727. The zero-order valence-electron chi connectivity index (χ0n) is 15.0. The molecule has 1 fully saturated rings. The van der Waals surface area contributed by atoms with Gasteiger partial charge >= 0.3 is 5.97 Å². The molecule has 23 heavy (non-hydrogen) atoms. The molecule has 0 bridgehead atoms.